The third kappa shape index (κ3) is 6.06. The quantitative estimate of drug-likeness (QED) is 0.830. The van der Waals surface area contributed by atoms with E-state index in [1.54, 1.807) is 4.68 Å². The summed E-state index contributed by atoms with van der Waals surface area (Å²) in [5.41, 5.74) is 0.697. The number of hydrogen-bond donors (Lipinski definition) is 1. The maximum Gasteiger partial charge on any atom is 0.246 e. The predicted octanol–water partition coefficient (Wildman–Crippen LogP) is 0.894. The molecular weight excluding hydrogens is 218 g/mol. The molecule has 0 spiro atoms. The van der Waals surface area contributed by atoms with Gasteiger partial charge < -0.3 is 10.1 Å². The first-order valence-electron chi connectivity index (χ1n) is 5.76. The molecule has 1 rings (SSSR count). The molecule has 0 saturated carbocycles. The maximum absolute atomic E-state index is 11.4. The van der Waals surface area contributed by atoms with E-state index in [0.717, 1.165) is 12.1 Å². The summed E-state index contributed by atoms with van der Waals surface area (Å²) in [6, 6.07) is 1.94. The van der Waals surface area contributed by atoms with Crippen LogP contribution in [-0.4, -0.2) is 34.4 Å². The lowest BCUT2D eigenvalue weighted by Crippen LogP contribution is -2.33. The molecule has 0 radical (unpaired) electrons. The Morgan fingerprint density at radius 3 is 2.76 bits per heavy atom. The Morgan fingerprint density at radius 1 is 1.53 bits per heavy atom. The Balaban J connectivity index is 2.16. The molecule has 96 valence electrons. The average molecular weight is 239 g/mol. The van der Waals surface area contributed by atoms with E-state index < -0.39 is 0 Å². The van der Waals surface area contributed by atoms with E-state index in [2.05, 4.69) is 10.4 Å². The minimum absolute atomic E-state index is 0.0872. The van der Waals surface area contributed by atoms with Gasteiger partial charge in [0, 0.05) is 26.2 Å². The Bertz CT molecular complexity index is 366. The summed E-state index contributed by atoms with van der Waals surface area (Å²) in [5.74, 6) is -0.0872. The van der Waals surface area contributed by atoms with Crippen molar-refractivity contribution in [2.24, 2.45) is 7.05 Å². The molecule has 0 aromatic carbocycles. The molecular formula is C12H21N3O2. The summed E-state index contributed by atoms with van der Waals surface area (Å²) in [5, 5.41) is 7.03. The van der Waals surface area contributed by atoms with E-state index >= 15 is 0 Å². The maximum atomic E-state index is 11.4. The minimum Gasteiger partial charge on any atom is -0.366 e. The molecule has 1 N–H and O–H groups in total. The highest BCUT2D eigenvalue weighted by atomic mass is 16.5. The second-order valence-corrected chi connectivity index (χ2v) is 4.98. The van der Waals surface area contributed by atoms with Crippen LogP contribution in [0.4, 0.5) is 0 Å². The molecule has 0 atom stereocenters. The van der Waals surface area contributed by atoms with Gasteiger partial charge in [0.25, 0.3) is 0 Å². The van der Waals surface area contributed by atoms with Gasteiger partial charge in [-0.1, -0.05) is 0 Å². The van der Waals surface area contributed by atoms with Gasteiger partial charge in [-0.3, -0.25) is 9.48 Å². The number of ether oxygens (including phenoxy) is 1. The van der Waals surface area contributed by atoms with Gasteiger partial charge in [0.15, 0.2) is 0 Å². The zero-order valence-electron chi connectivity index (χ0n) is 11.0. The summed E-state index contributed by atoms with van der Waals surface area (Å²) in [7, 11) is 1.87. The lowest BCUT2D eigenvalue weighted by molar-refractivity contribution is -0.130. The molecule has 0 aliphatic carbocycles. The molecule has 5 nitrogen and oxygen atoms in total. The van der Waals surface area contributed by atoms with E-state index in [0.29, 0.717) is 6.54 Å². The molecule has 1 heterocycles. The van der Waals surface area contributed by atoms with Crippen molar-refractivity contribution in [2.45, 2.75) is 32.8 Å². The summed E-state index contributed by atoms with van der Waals surface area (Å²) < 4.78 is 7.12. The number of aromatic nitrogens is 2. The molecule has 0 aliphatic rings. The molecule has 17 heavy (non-hydrogen) atoms. The van der Waals surface area contributed by atoms with Gasteiger partial charge in [-0.05, 0) is 26.8 Å². The first-order chi connectivity index (χ1) is 7.87. The van der Waals surface area contributed by atoms with Crippen LogP contribution < -0.4 is 5.32 Å². The monoisotopic (exact) mass is 239 g/mol. The molecule has 1 amide bonds. The van der Waals surface area contributed by atoms with Crippen LogP contribution >= 0.6 is 0 Å². The van der Waals surface area contributed by atoms with Crippen LogP contribution in [0.25, 0.3) is 0 Å². The SMILES string of the molecule is Cn1ccc(CCNC(=O)COC(C)(C)C)n1. The second kappa shape index (κ2) is 5.82. The smallest absolute Gasteiger partial charge is 0.246 e. The second-order valence-electron chi connectivity index (χ2n) is 4.98. The number of carbonyl (C=O) groups is 1. The van der Waals surface area contributed by atoms with Crippen LogP contribution in [0.3, 0.4) is 0 Å². The number of aryl methyl sites for hydroxylation is 1. The first-order valence-corrected chi connectivity index (χ1v) is 5.76. The molecule has 0 aliphatic heterocycles. The number of rotatable bonds is 5. The fraction of sp³-hybridized carbons (Fsp3) is 0.667. The van der Waals surface area contributed by atoms with E-state index in [1.165, 1.54) is 0 Å². The van der Waals surface area contributed by atoms with E-state index in [4.69, 9.17) is 4.74 Å². The molecule has 1 aromatic rings. The Morgan fingerprint density at radius 2 is 2.24 bits per heavy atom. The number of hydrogen-bond acceptors (Lipinski definition) is 3. The van der Waals surface area contributed by atoms with Crippen molar-refractivity contribution >= 4 is 5.91 Å². The molecule has 0 fully saturated rings. The van der Waals surface area contributed by atoms with E-state index in [-0.39, 0.29) is 18.1 Å². The Labute approximate surface area is 102 Å². The highest BCUT2D eigenvalue weighted by molar-refractivity contribution is 5.77. The van der Waals surface area contributed by atoms with Crippen molar-refractivity contribution in [3.05, 3.63) is 18.0 Å². The van der Waals surface area contributed by atoms with Gasteiger partial charge in [0.05, 0.1) is 11.3 Å². The standard InChI is InChI=1S/C12H21N3O2/c1-12(2,3)17-9-11(16)13-7-5-10-6-8-15(4)14-10/h6,8H,5,7,9H2,1-4H3,(H,13,16). The summed E-state index contributed by atoms with van der Waals surface area (Å²) >= 11 is 0. The first kappa shape index (κ1) is 13.7. The summed E-state index contributed by atoms with van der Waals surface area (Å²) in [6.45, 7) is 6.46. The third-order valence-electron chi connectivity index (χ3n) is 2.11. The van der Waals surface area contributed by atoms with Gasteiger partial charge in [0.1, 0.15) is 6.61 Å². The molecule has 0 saturated heterocycles. The van der Waals surface area contributed by atoms with Crippen molar-refractivity contribution in [1.82, 2.24) is 15.1 Å². The van der Waals surface area contributed by atoms with E-state index in [1.807, 2.05) is 40.1 Å². The van der Waals surface area contributed by atoms with Crippen LogP contribution in [-0.2, 0) is 23.0 Å². The van der Waals surface area contributed by atoms with Crippen LogP contribution in [0.1, 0.15) is 26.5 Å². The van der Waals surface area contributed by atoms with Crippen LogP contribution in [0.2, 0.25) is 0 Å². The van der Waals surface area contributed by atoms with Crippen molar-refractivity contribution in [1.29, 1.82) is 0 Å². The third-order valence-corrected chi connectivity index (χ3v) is 2.11. The van der Waals surface area contributed by atoms with Crippen molar-refractivity contribution in [2.75, 3.05) is 13.2 Å². The lowest BCUT2D eigenvalue weighted by atomic mass is 10.2. The molecule has 0 unspecified atom stereocenters. The summed E-state index contributed by atoms with van der Waals surface area (Å²) in [4.78, 5) is 11.4. The fourth-order valence-corrected chi connectivity index (χ4v) is 1.26. The lowest BCUT2D eigenvalue weighted by Gasteiger charge is -2.18. The van der Waals surface area contributed by atoms with Gasteiger partial charge in [-0.25, -0.2) is 0 Å². The highest BCUT2D eigenvalue weighted by Gasteiger charge is 2.12. The van der Waals surface area contributed by atoms with E-state index in [9.17, 15) is 4.79 Å². The number of amides is 1. The number of nitrogens with one attached hydrogen (secondary N) is 1. The number of carbonyl (C=O) groups excluding carboxylic acids is 1. The molecule has 5 heteroatoms. The van der Waals surface area contributed by atoms with Crippen molar-refractivity contribution in [3.63, 3.8) is 0 Å². The number of nitrogens with zero attached hydrogens (tertiary/aromatic N) is 2. The topological polar surface area (TPSA) is 56.2 Å². The fourth-order valence-electron chi connectivity index (χ4n) is 1.26. The Kier molecular flexibility index (Phi) is 4.69. The van der Waals surface area contributed by atoms with Crippen molar-refractivity contribution in [3.8, 4) is 0 Å². The molecule has 0 bridgehead atoms. The van der Waals surface area contributed by atoms with Gasteiger partial charge >= 0.3 is 0 Å². The van der Waals surface area contributed by atoms with Gasteiger partial charge in [0.2, 0.25) is 5.91 Å². The zero-order valence-corrected chi connectivity index (χ0v) is 11.0. The van der Waals surface area contributed by atoms with Gasteiger partial charge in [-0.15, -0.1) is 0 Å². The predicted molar refractivity (Wildman–Crippen MR) is 65.6 cm³/mol. The summed E-state index contributed by atoms with van der Waals surface area (Å²) in [6.07, 6.45) is 2.63. The van der Waals surface area contributed by atoms with Crippen molar-refractivity contribution < 1.29 is 9.53 Å². The Hall–Kier alpha value is -1.36. The molecule has 1 aromatic heterocycles. The average Bonchev–Trinajstić information content (AvgIpc) is 2.60. The van der Waals surface area contributed by atoms with Crippen LogP contribution in [0.15, 0.2) is 12.3 Å². The van der Waals surface area contributed by atoms with Crippen LogP contribution in [0, 0.1) is 0 Å². The largest absolute Gasteiger partial charge is 0.366 e. The normalized spacial score (nSPS) is 11.5. The minimum atomic E-state index is -0.279. The van der Waals surface area contributed by atoms with Crippen LogP contribution in [0.5, 0.6) is 0 Å². The van der Waals surface area contributed by atoms with Gasteiger partial charge in [-0.2, -0.15) is 5.10 Å². The zero-order chi connectivity index (χ0) is 12.9. The highest BCUT2D eigenvalue weighted by Crippen LogP contribution is 2.05.